The average Bonchev–Trinajstić information content (AvgIpc) is 3.13. The van der Waals surface area contributed by atoms with Crippen molar-refractivity contribution in [2.24, 2.45) is 7.05 Å². The molecule has 0 atom stereocenters. The zero-order valence-electron chi connectivity index (χ0n) is 11.8. The molecular formula is C13H10F3N5OS. The number of aromatic nitrogens is 5. The lowest BCUT2D eigenvalue weighted by Gasteiger charge is -2.06. The number of thioether (sulfide) groups is 1. The van der Waals surface area contributed by atoms with Gasteiger partial charge >= 0.3 is 6.18 Å². The average molecular weight is 341 g/mol. The summed E-state index contributed by atoms with van der Waals surface area (Å²) >= 11 is 1.34. The summed E-state index contributed by atoms with van der Waals surface area (Å²) in [6, 6.07) is 4.79. The zero-order chi connectivity index (χ0) is 16.4. The van der Waals surface area contributed by atoms with Crippen LogP contribution in [0.1, 0.15) is 11.5 Å². The summed E-state index contributed by atoms with van der Waals surface area (Å²) < 4.78 is 45.0. The first kappa shape index (κ1) is 15.5. The first-order valence-corrected chi connectivity index (χ1v) is 7.39. The maximum atomic E-state index is 12.7. The van der Waals surface area contributed by atoms with Gasteiger partial charge in [0.05, 0.1) is 11.3 Å². The van der Waals surface area contributed by atoms with Crippen LogP contribution in [0.3, 0.4) is 0 Å². The van der Waals surface area contributed by atoms with Crippen LogP contribution in [-0.2, 0) is 19.0 Å². The molecule has 3 aromatic rings. The standard InChI is InChI=1S/C13H10F3N5OS/c1-21-7-17-19-12(21)23-6-10-18-11(20-22-10)8-3-2-4-9(5-8)13(14,15)16/h2-5,7H,6H2,1H3. The number of benzene rings is 1. The van der Waals surface area contributed by atoms with Crippen molar-refractivity contribution >= 4 is 11.8 Å². The second kappa shape index (κ2) is 6.03. The van der Waals surface area contributed by atoms with Gasteiger partial charge in [0.15, 0.2) is 5.16 Å². The molecule has 3 rings (SSSR count). The molecule has 0 fully saturated rings. The van der Waals surface area contributed by atoms with Crippen LogP contribution in [0, 0.1) is 0 Å². The van der Waals surface area contributed by atoms with Crippen LogP contribution < -0.4 is 0 Å². The second-order valence-electron chi connectivity index (χ2n) is 4.60. The van der Waals surface area contributed by atoms with Crippen molar-refractivity contribution in [1.82, 2.24) is 24.9 Å². The van der Waals surface area contributed by atoms with Crippen LogP contribution in [0.2, 0.25) is 0 Å². The Hall–Kier alpha value is -2.36. The van der Waals surface area contributed by atoms with Gasteiger partial charge in [-0.1, -0.05) is 29.1 Å². The highest BCUT2D eigenvalue weighted by molar-refractivity contribution is 7.98. The molecule has 0 unspecified atom stereocenters. The fourth-order valence-electron chi connectivity index (χ4n) is 1.79. The van der Waals surface area contributed by atoms with Crippen LogP contribution in [0.25, 0.3) is 11.4 Å². The third-order valence-corrected chi connectivity index (χ3v) is 3.93. The number of alkyl halides is 3. The Labute approximate surface area is 132 Å². The van der Waals surface area contributed by atoms with Crippen molar-refractivity contribution in [3.63, 3.8) is 0 Å². The molecule has 0 aliphatic rings. The molecule has 120 valence electrons. The van der Waals surface area contributed by atoms with E-state index in [0.29, 0.717) is 16.8 Å². The lowest BCUT2D eigenvalue weighted by Crippen LogP contribution is -2.04. The van der Waals surface area contributed by atoms with E-state index in [4.69, 9.17) is 4.52 Å². The summed E-state index contributed by atoms with van der Waals surface area (Å²) in [5.74, 6) is 0.758. The minimum absolute atomic E-state index is 0.115. The summed E-state index contributed by atoms with van der Waals surface area (Å²) in [6.07, 6.45) is -2.85. The topological polar surface area (TPSA) is 69.6 Å². The molecule has 10 heteroatoms. The number of aryl methyl sites for hydroxylation is 1. The van der Waals surface area contributed by atoms with Crippen LogP contribution in [0.4, 0.5) is 13.2 Å². The predicted molar refractivity (Wildman–Crippen MR) is 75.3 cm³/mol. The molecule has 6 nitrogen and oxygen atoms in total. The third kappa shape index (κ3) is 3.52. The quantitative estimate of drug-likeness (QED) is 0.679. The van der Waals surface area contributed by atoms with E-state index in [2.05, 4.69) is 20.3 Å². The van der Waals surface area contributed by atoms with Crippen molar-refractivity contribution in [2.75, 3.05) is 0 Å². The van der Waals surface area contributed by atoms with Gasteiger partial charge in [0, 0.05) is 12.6 Å². The normalized spacial score (nSPS) is 11.8. The van der Waals surface area contributed by atoms with Gasteiger partial charge in [0.25, 0.3) is 0 Å². The van der Waals surface area contributed by atoms with Gasteiger partial charge in [-0.25, -0.2) is 0 Å². The van der Waals surface area contributed by atoms with Gasteiger partial charge in [-0.05, 0) is 12.1 Å². The van der Waals surface area contributed by atoms with Gasteiger partial charge in [-0.3, -0.25) is 0 Å². The molecule has 0 aliphatic carbocycles. The monoisotopic (exact) mass is 341 g/mol. The van der Waals surface area contributed by atoms with E-state index in [9.17, 15) is 13.2 Å². The number of hydrogen-bond acceptors (Lipinski definition) is 6. The Bertz CT molecular complexity index is 814. The Morgan fingerprint density at radius 1 is 1.30 bits per heavy atom. The molecule has 0 aliphatic heterocycles. The highest BCUT2D eigenvalue weighted by atomic mass is 32.2. The van der Waals surface area contributed by atoms with Crippen molar-refractivity contribution in [2.45, 2.75) is 17.1 Å². The number of hydrogen-bond donors (Lipinski definition) is 0. The van der Waals surface area contributed by atoms with Gasteiger partial charge in [-0.2, -0.15) is 18.2 Å². The van der Waals surface area contributed by atoms with Crippen LogP contribution >= 0.6 is 11.8 Å². The lowest BCUT2D eigenvalue weighted by atomic mass is 10.1. The highest BCUT2D eigenvalue weighted by Gasteiger charge is 2.30. The van der Waals surface area contributed by atoms with E-state index in [1.54, 1.807) is 17.9 Å². The molecule has 0 N–H and O–H groups in total. The fourth-order valence-corrected chi connectivity index (χ4v) is 2.52. The first-order chi connectivity index (χ1) is 10.9. The SMILES string of the molecule is Cn1cnnc1SCc1nc(-c2cccc(C(F)(F)F)c2)no1. The zero-order valence-corrected chi connectivity index (χ0v) is 12.6. The van der Waals surface area contributed by atoms with E-state index in [1.807, 2.05) is 0 Å². The molecule has 23 heavy (non-hydrogen) atoms. The van der Waals surface area contributed by atoms with Gasteiger partial charge in [-0.15, -0.1) is 10.2 Å². The van der Waals surface area contributed by atoms with E-state index in [0.717, 1.165) is 12.1 Å². The van der Waals surface area contributed by atoms with Crippen LogP contribution in [0.5, 0.6) is 0 Å². The van der Waals surface area contributed by atoms with Crippen molar-refractivity contribution in [1.29, 1.82) is 0 Å². The van der Waals surface area contributed by atoms with E-state index in [-0.39, 0.29) is 11.4 Å². The molecule has 0 spiro atoms. The molecular weight excluding hydrogens is 331 g/mol. The van der Waals surface area contributed by atoms with Gasteiger partial charge < -0.3 is 9.09 Å². The molecule has 0 amide bonds. The molecule has 2 aromatic heterocycles. The summed E-state index contributed by atoms with van der Waals surface area (Å²) in [6.45, 7) is 0. The van der Waals surface area contributed by atoms with E-state index >= 15 is 0 Å². The molecule has 0 bridgehead atoms. The minimum Gasteiger partial charge on any atom is -0.338 e. The van der Waals surface area contributed by atoms with Gasteiger partial charge in [0.2, 0.25) is 11.7 Å². The van der Waals surface area contributed by atoms with Crippen LogP contribution in [-0.4, -0.2) is 24.9 Å². The molecule has 1 aromatic carbocycles. The Kier molecular flexibility index (Phi) is 4.07. The smallest absolute Gasteiger partial charge is 0.338 e. The molecule has 0 radical (unpaired) electrons. The molecule has 0 saturated carbocycles. The summed E-state index contributed by atoms with van der Waals surface area (Å²) in [5, 5.41) is 12.0. The van der Waals surface area contributed by atoms with Crippen molar-refractivity contribution in [3.8, 4) is 11.4 Å². The van der Waals surface area contributed by atoms with Crippen LogP contribution in [0.15, 0.2) is 40.3 Å². The van der Waals surface area contributed by atoms with Gasteiger partial charge in [0.1, 0.15) is 6.33 Å². The molecule has 2 heterocycles. The Morgan fingerprint density at radius 3 is 2.83 bits per heavy atom. The number of rotatable bonds is 4. The Balaban J connectivity index is 1.75. The number of nitrogens with zero attached hydrogens (tertiary/aromatic N) is 5. The second-order valence-corrected chi connectivity index (χ2v) is 5.55. The highest BCUT2D eigenvalue weighted by Crippen LogP contribution is 2.31. The predicted octanol–water partition coefficient (Wildman–Crippen LogP) is 3.18. The maximum Gasteiger partial charge on any atom is 0.416 e. The maximum absolute atomic E-state index is 12.7. The van der Waals surface area contributed by atoms with E-state index < -0.39 is 11.7 Å². The number of halogens is 3. The van der Waals surface area contributed by atoms with Crippen molar-refractivity contribution < 1.29 is 17.7 Å². The Morgan fingerprint density at radius 2 is 2.13 bits per heavy atom. The van der Waals surface area contributed by atoms with E-state index in [1.165, 1.54) is 23.9 Å². The summed E-state index contributed by atoms with van der Waals surface area (Å²) in [5.41, 5.74) is -0.506. The summed E-state index contributed by atoms with van der Waals surface area (Å²) in [7, 11) is 1.80. The summed E-state index contributed by atoms with van der Waals surface area (Å²) in [4.78, 5) is 4.11. The largest absolute Gasteiger partial charge is 0.416 e. The first-order valence-electron chi connectivity index (χ1n) is 6.40. The lowest BCUT2D eigenvalue weighted by molar-refractivity contribution is -0.137. The fraction of sp³-hybridized carbons (Fsp3) is 0.231. The van der Waals surface area contributed by atoms with Crippen molar-refractivity contribution in [3.05, 3.63) is 42.0 Å². The molecule has 0 saturated heterocycles. The minimum atomic E-state index is -4.41. The third-order valence-electron chi connectivity index (χ3n) is 2.91.